The number of aryl methyl sites for hydroxylation is 1. The van der Waals surface area contributed by atoms with Crippen molar-refractivity contribution in [2.45, 2.75) is 6.92 Å². The minimum Gasteiger partial charge on any atom is -0.423 e. The van der Waals surface area contributed by atoms with Crippen LogP contribution in [-0.4, -0.2) is 22.2 Å². The number of aromatic nitrogens is 1. The zero-order valence-corrected chi connectivity index (χ0v) is 6.15. The van der Waals surface area contributed by atoms with Gasteiger partial charge in [0.05, 0.1) is 0 Å². The molecule has 4 nitrogen and oxygen atoms in total. The molecule has 11 heavy (non-hydrogen) atoms. The lowest BCUT2D eigenvalue weighted by Gasteiger charge is -2.03. The van der Waals surface area contributed by atoms with Gasteiger partial charge in [0.15, 0.2) is 0 Å². The number of pyridine rings is 1. The van der Waals surface area contributed by atoms with Crippen LogP contribution in [0.4, 0.5) is 5.69 Å². The van der Waals surface area contributed by atoms with E-state index in [2.05, 4.69) is 4.98 Å². The van der Waals surface area contributed by atoms with Gasteiger partial charge < -0.3 is 15.8 Å². The molecule has 0 aliphatic carbocycles. The highest BCUT2D eigenvalue weighted by Gasteiger charge is 2.14. The highest BCUT2D eigenvalue weighted by molar-refractivity contribution is 6.60. The fraction of sp³-hybridized carbons (Fsp3) is 0.167. The van der Waals surface area contributed by atoms with Crippen molar-refractivity contribution in [1.29, 1.82) is 0 Å². The molecule has 0 aliphatic rings. The minimum atomic E-state index is -1.54. The van der Waals surface area contributed by atoms with Crippen molar-refractivity contribution in [3.63, 3.8) is 0 Å². The smallest absolute Gasteiger partial charge is 0.423 e. The Labute approximate surface area is 64.8 Å². The van der Waals surface area contributed by atoms with E-state index >= 15 is 0 Å². The van der Waals surface area contributed by atoms with Crippen LogP contribution < -0.4 is 11.2 Å². The van der Waals surface area contributed by atoms with Gasteiger partial charge in [-0.2, -0.15) is 0 Å². The van der Waals surface area contributed by atoms with E-state index in [1.54, 1.807) is 13.0 Å². The van der Waals surface area contributed by atoms with Crippen molar-refractivity contribution in [2.75, 3.05) is 5.73 Å². The maximum Gasteiger partial charge on any atom is 0.492 e. The molecule has 0 aliphatic heterocycles. The lowest BCUT2D eigenvalue weighted by molar-refractivity contribution is 0.426. The molecule has 1 heterocycles. The monoisotopic (exact) mass is 152 g/mol. The summed E-state index contributed by atoms with van der Waals surface area (Å²) < 4.78 is 0. The minimum absolute atomic E-state index is 0.246. The Hall–Kier alpha value is -1.07. The summed E-state index contributed by atoms with van der Waals surface area (Å²) in [5.41, 5.74) is 6.82. The Morgan fingerprint density at radius 3 is 2.64 bits per heavy atom. The summed E-state index contributed by atoms with van der Waals surface area (Å²) in [6.45, 7) is 1.78. The molecule has 0 saturated heterocycles. The third-order valence-electron chi connectivity index (χ3n) is 1.38. The Morgan fingerprint density at radius 2 is 2.18 bits per heavy atom. The summed E-state index contributed by atoms with van der Waals surface area (Å²) in [6, 6.07) is 1.59. The number of rotatable bonds is 1. The average molecular weight is 152 g/mol. The van der Waals surface area contributed by atoms with Gasteiger partial charge in [-0.05, 0) is 13.0 Å². The first kappa shape index (κ1) is 8.04. The second kappa shape index (κ2) is 2.90. The zero-order valence-electron chi connectivity index (χ0n) is 6.15. The van der Waals surface area contributed by atoms with Crippen LogP contribution in [0.2, 0.25) is 0 Å². The van der Waals surface area contributed by atoms with Crippen LogP contribution in [0.3, 0.4) is 0 Å². The topological polar surface area (TPSA) is 79.4 Å². The number of anilines is 1. The maximum atomic E-state index is 8.73. The van der Waals surface area contributed by atoms with Crippen molar-refractivity contribution < 1.29 is 10.0 Å². The molecule has 0 atom stereocenters. The Balaban J connectivity index is 3.09. The van der Waals surface area contributed by atoms with E-state index in [-0.39, 0.29) is 5.46 Å². The average Bonchev–Trinajstić information content (AvgIpc) is 1.85. The normalized spacial score (nSPS) is 9.73. The molecule has 58 valence electrons. The standard InChI is InChI=1S/C6H9BN2O2/c1-4-2-6(8)5(3-9-4)7(10)11/h2-3,10-11H,1H3,(H2,8,9). The SMILES string of the molecule is Cc1cc(N)c(B(O)O)cn1. The fourth-order valence-corrected chi connectivity index (χ4v) is 0.807. The molecule has 1 rings (SSSR count). The predicted molar refractivity (Wildman–Crippen MR) is 43.2 cm³/mol. The molecule has 0 aromatic carbocycles. The highest BCUT2D eigenvalue weighted by Crippen LogP contribution is 1.99. The fourth-order valence-electron chi connectivity index (χ4n) is 0.807. The lowest BCUT2D eigenvalue weighted by Crippen LogP contribution is -2.32. The molecule has 1 aromatic heterocycles. The lowest BCUT2D eigenvalue weighted by atomic mass is 9.80. The molecule has 1 aromatic rings. The van der Waals surface area contributed by atoms with Crippen molar-refractivity contribution in [3.05, 3.63) is 18.0 Å². The number of hydrogen-bond donors (Lipinski definition) is 3. The van der Waals surface area contributed by atoms with E-state index in [1.807, 2.05) is 0 Å². The quantitative estimate of drug-likeness (QED) is 0.434. The summed E-state index contributed by atoms with van der Waals surface area (Å²) in [5.74, 6) is 0. The van der Waals surface area contributed by atoms with Crippen LogP contribution >= 0.6 is 0 Å². The molecule has 0 saturated carbocycles. The van der Waals surface area contributed by atoms with Gasteiger partial charge in [0.2, 0.25) is 0 Å². The van der Waals surface area contributed by atoms with E-state index < -0.39 is 7.12 Å². The molecule has 0 fully saturated rings. The molecule has 0 unspecified atom stereocenters. The van der Waals surface area contributed by atoms with Gasteiger partial charge in [0.25, 0.3) is 0 Å². The van der Waals surface area contributed by atoms with Gasteiger partial charge in [-0.15, -0.1) is 0 Å². The Kier molecular flexibility index (Phi) is 2.12. The second-order valence-corrected chi connectivity index (χ2v) is 2.33. The van der Waals surface area contributed by atoms with Gasteiger partial charge in [0.1, 0.15) is 0 Å². The number of nitrogens with two attached hydrogens (primary N) is 1. The summed E-state index contributed by atoms with van der Waals surface area (Å²) >= 11 is 0. The van der Waals surface area contributed by atoms with E-state index in [0.29, 0.717) is 5.69 Å². The van der Waals surface area contributed by atoms with Crippen molar-refractivity contribution in [3.8, 4) is 0 Å². The van der Waals surface area contributed by atoms with E-state index in [1.165, 1.54) is 6.20 Å². The van der Waals surface area contributed by atoms with Gasteiger partial charge in [0, 0.05) is 23.0 Å². The zero-order chi connectivity index (χ0) is 8.43. The summed E-state index contributed by atoms with van der Waals surface area (Å²) in [6.07, 6.45) is 1.36. The van der Waals surface area contributed by atoms with E-state index in [9.17, 15) is 0 Å². The highest BCUT2D eigenvalue weighted by atomic mass is 16.4. The summed E-state index contributed by atoms with van der Waals surface area (Å²) in [4.78, 5) is 3.86. The predicted octanol–water partition coefficient (Wildman–Crippen LogP) is -1.35. The Morgan fingerprint density at radius 1 is 1.55 bits per heavy atom. The number of nitrogen functional groups attached to an aromatic ring is 1. The van der Waals surface area contributed by atoms with Gasteiger partial charge in [-0.1, -0.05) is 0 Å². The summed E-state index contributed by atoms with van der Waals surface area (Å²) in [5, 5.41) is 17.5. The van der Waals surface area contributed by atoms with Crippen LogP contribution in [0.25, 0.3) is 0 Å². The van der Waals surface area contributed by atoms with Crippen LogP contribution in [0, 0.1) is 6.92 Å². The first-order chi connectivity index (χ1) is 5.11. The first-order valence-electron chi connectivity index (χ1n) is 3.19. The third kappa shape index (κ3) is 1.69. The molecule has 4 N–H and O–H groups in total. The molecule has 0 amide bonds. The summed E-state index contributed by atoms with van der Waals surface area (Å²) in [7, 11) is -1.54. The van der Waals surface area contributed by atoms with Gasteiger partial charge >= 0.3 is 7.12 Å². The van der Waals surface area contributed by atoms with Crippen LogP contribution in [0.1, 0.15) is 5.69 Å². The van der Waals surface area contributed by atoms with E-state index in [4.69, 9.17) is 15.8 Å². The molecule has 0 radical (unpaired) electrons. The molecule has 0 spiro atoms. The number of nitrogens with zero attached hydrogens (tertiary/aromatic N) is 1. The molecular formula is C6H9BN2O2. The van der Waals surface area contributed by atoms with Crippen molar-refractivity contribution in [2.24, 2.45) is 0 Å². The maximum absolute atomic E-state index is 8.73. The van der Waals surface area contributed by atoms with Crippen LogP contribution in [0.5, 0.6) is 0 Å². The van der Waals surface area contributed by atoms with E-state index in [0.717, 1.165) is 5.69 Å². The van der Waals surface area contributed by atoms with Crippen LogP contribution in [-0.2, 0) is 0 Å². The third-order valence-corrected chi connectivity index (χ3v) is 1.38. The van der Waals surface area contributed by atoms with Crippen molar-refractivity contribution in [1.82, 2.24) is 4.98 Å². The first-order valence-corrected chi connectivity index (χ1v) is 3.19. The Bertz CT molecular complexity index is 265. The molecule has 5 heteroatoms. The van der Waals surface area contributed by atoms with Crippen molar-refractivity contribution >= 4 is 18.3 Å². The second-order valence-electron chi connectivity index (χ2n) is 2.33. The van der Waals surface area contributed by atoms with Crippen LogP contribution in [0.15, 0.2) is 12.3 Å². The number of hydrogen-bond acceptors (Lipinski definition) is 4. The largest absolute Gasteiger partial charge is 0.492 e. The molecular weight excluding hydrogens is 143 g/mol. The van der Waals surface area contributed by atoms with Gasteiger partial charge in [-0.25, -0.2) is 0 Å². The van der Waals surface area contributed by atoms with Gasteiger partial charge in [-0.3, -0.25) is 4.98 Å². The molecule has 0 bridgehead atoms.